The second kappa shape index (κ2) is 6.83. The molecule has 136 valence electrons. The number of nitrogens with one attached hydrogen (secondary N) is 1. The maximum Gasteiger partial charge on any atom is 0.255 e. The summed E-state index contributed by atoms with van der Waals surface area (Å²) in [6, 6.07) is 15.2. The van der Waals surface area contributed by atoms with Gasteiger partial charge < -0.3 is 10.2 Å². The van der Waals surface area contributed by atoms with Crippen LogP contribution in [0.2, 0.25) is 0 Å². The summed E-state index contributed by atoms with van der Waals surface area (Å²) in [5.74, 6) is -0.00143. The predicted molar refractivity (Wildman–Crippen MR) is 107 cm³/mol. The molecule has 2 amide bonds. The number of aryl methyl sites for hydroxylation is 2. The molecule has 0 fully saturated rings. The third kappa shape index (κ3) is 3.28. The largest absolute Gasteiger partial charge is 0.322 e. The Labute approximate surface area is 158 Å². The Balaban J connectivity index is 1.58. The van der Waals surface area contributed by atoms with Crippen LogP contribution in [0.4, 0.5) is 11.4 Å². The van der Waals surface area contributed by atoms with E-state index in [-0.39, 0.29) is 11.8 Å². The smallest absolute Gasteiger partial charge is 0.255 e. The zero-order valence-corrected chi connectivity index (χ0v) is 15.5. The Morgan fingerprint density at radius 1 is 1.11 bits per heavy atom. The number of rotatable bonds is 3. The fourth-order valence-electron chi connectivity index (χ4n) is 3.56. The van der Waals surface area contributed by atoms with E-state index in [1.54, 1.807) is 11.0 Å². The Kier molecular flexibility index (Phi) is 4.36. The number of anilines is 2. The topological polar surface area (TPSA) is 62.3 Å². The van der Waals surface area contributed by atoms with Crippen LogP contribution in [-0.2, 0) is 11.2 Å². The van der Waals surface area contributed by atoms with Crippen molar-refractivity contribution < 1.29 is 9.59 Å². The van der Waals surface area contributed by atoms with Crippen molar-refractivity contribution in [1.82, 2.24) is 4.98 Å². The molecular formula is C22H21N3O2. The highest BCUT2D eigenvalue weighted by molar-refractivity contribution is 6.06. The molecule has 3 aromatic rings. The molecule has 5 heteroatoms. The zero-order valence-electron chi connectivity index (χ0n) is 15.5. The van der Waals surface area contributed by atoms with Crippen LogP contribution in [0.25, 0.3) is 10.9 Å². The Bertz CT molecular complexity index is 1060. The van der Waals surface area contributed by atoms with Crippen LogP contribution in [0.1, 0.15) is 35.0 Å². The van der Waals surface area contributed by atoms with E-state index < -0.39 is 0 Å². The van der Waals surface area contributed by atoms with Crippen molar-refractivity contribution in [2.75, 3.05) is 16.8 Å². The predicted octanol–water partition coefficient (Wildman–Crippen LogP) is 4.09. The lowest BCUT2D eigenvalue weighted by atomic mass is 10.0. The molecule has 1 aromatic heterocycles. The molecule has 0 saturated carbocycles. The van der Waals surface area contributed by atoms with Crippen molar-refractivity contribution >= 4 is 34.1 Å². The quantitative estimate of drug-likeness (QED) is 0.766. The van der Waals surface area contributed by atoms with Gasteiger partial charge in [0.2, 0.25) is 5.91 Å². The van der Waals surface area contributed by atoms with Gasteiger partial charge in [-0.3, -0.25) is 14.6 Å². The number of hydrogen-bond donors (Lipinski definition) is 1. The lowest BCUT2D eigenvalue weighted by molar-refractivity contribution is -0.118. The molecule has 0 unspecified atom stereocenters. The normalized spacial score (nSPS) is 13.6. The Morgan fingerprint density at radius 2 is 1.96 bits per heavy atom. The molecule has 5 nitrogen and oxygen atoms in total. The molecule has 0 spiro atoms. The van der Waals surface area contributed by atoms with Gasteiger partial charge in [-0.15, -0.1) is 0 Å². The Morgan fingerprint density at radius 3 is 2.78 bits per heavy atom. The summed E-state index contributed by atoms with van der Waals surface area (Å²) in [5.41, 5.74) is 5.20. The molecule has 1 aliphatic heterocycles. The van der Waals surface area contributed by atoms with Crippen LogP contribution >= 0.6 is 0 Å². The molecule has 1 aliphatic rings. The van der Waals surface area contributed by atoms with E-state index in [9.17, 15) is 9.59 Å². The van der Waals surface area contributed by atoms with Crippen molar-refractivity contribution in [3.05, 3.63) is 65.4 Å². The van der Waals surface area contributed by atoms with Crippen molar-refractivity contribution in [3.8, 4) is 0 Å². The van der Waals surface area contributed by atoms with E-state index in [1.165, 1.54) is 0 Å². The van der Waals surface area contributed by atoms with Crippen molar-refractivity contribution in [3.63, 3.8) is 0 Å². The SMILES string of the molecule is CCN1C(=O)CCc2cc(NC(=O)c3ccc4nc(C)ccc4c3)ccc21. The lowest BCUT2D eigenvalue weighted by Gasteiger charge is -2.28. The molecule has 27 heavy (non-hydrogen) atoms. The standard InChI is InChI=1S/C22H21N3O2/c1-3-25-20-10-8-18(13-16(20)7-11-21(25)26)24-22(27)17-6-9-19-15(12-17)5-4-14(2)23-19/h4-6,8-10,12-13H,3,7,11H2,1-2H3,(H,24,27). The van der Waals surface area contributed by atoms with Gasteiger partial charge >= 0.3 is 0 Å². The average Bonchev–Trinajstić information content (AvgIpc) is 2.67. The summed E-state index contributed by atoms with van der Waals surface area (Å²) in [6.45, 7) is 4.57. The number of carbonyl (C=O) groups excluding carboxylic acids is 2. The molecular weight excluding hydrogens is 338 g/mol. The van der Waals surface area contributed by atoms with Crippen molar-refractivity contribution in [2.24, 2.45) is 0 Å². The second-order valence-electron chi connectivity index (χ2n) is 6.80. The van der Waals surface area contributed by atoms with Crippen LogP contribution in [0.3, 0.4) is 0 Å². The van der Waals surface area contributed by atoms with E-state index in [4.69, 9.17) is 0 Å². The molecule has 0 saturated heterocycles. The maximum absolute atomic E-state index is 12.7. The van der Waals surface area contributed by atoms with Crippen LogP contribution in [-0.4, -0.2) is 23.3 Å². The van der Waals surface area contributed by atoms with Crippen molar-refractivity contribution in [1.29, 1.82) is 0 Å². The van der Waals surface area contributed by atoms with E-state index in [0.29, 0.717) is 24.9 Å². The van der Waals surface area contributed by atoms with Gasteiger partial charge in [-0.2, -0.15) is 0 Å². The van der Waals surface area contributed by atoms with Gasteiger partial charge in [-0.25, -0.2) is 0 Å². The molecule has 4 rings (SSSR count). The van der Waals surface area contributed by atoms with Gasteiger partial charge in [-0.05, 0) is 68.3 Å². The summed E-state index contributed by atoms with van der Waals surface area (Å²) < 4.78 is 0. The number of fused-ring (bicyclic) bond motifs is 2. The number of carbonyl (C=O) groups is 2. The van der Waals surface area contributed by atoms with Gasteiger partial charge in [0.15, 0.2) is 0 Å². The number of pyridine rings is 1. The third-order valence-electron chi connectivity index (χ3n) is 4.94. The highest BCUT2D eigenvalue weighted by Crippen LogP contribution is 2.30. The van der Waals surface area contributed by atoms with E-state index in [0.717, 1.165) is 33.5 Å². The summed E-state index contributed by atoms with van der Waals surface area (Å²) in [4.78, 5) is 30.9. The highest BCUT2D eigenvalue weighted by Gasteiger charge is 2.23. The molecule has 0 radical (unpaired) electrons. The van der Waals surface area contributed by atoms with E-state index in [2.05, 4.69) is 10.3 Å². The fraction of sp³-hybridized carbons (Fsp3) is 0.227. The molecule has 2 aromatic carbocycles. The number of hydrogen-bond acceptors (Lipinski definition) is 3. The van der Waals surface area contributed by atoms with Crippen LogP contribution < -0.4 is 10.2 Å². The maximum atomic E-state index is 12.7. The van der Waals surface area contributed by atoms with E-state index in [1.807, 2.05) is 56.3 Å². The minimum atomic E-state index is -0.156. The van der Waals surface area contributed by atoms with Gasteiger partial charge in [0.25, 0.3) is 5.91 Å². The van der Waals surface area contributed by atoms with E-state index >= 15 is 0 Å². The van der Waals surface area contributed by atoms with Crippen molar-refractivity contribution in [2.45, 2.75) is 26.7 Å². The highest BCUT2D eigenvalue weighted by atomic mass is 16.2. The second-order valence-corrected chi connectivity index (χ2v) is 6.80. The van der Waals surface area contributed by atoms with Gasteiger partial charge in [0, 0.05) is 41.0 Å². The van der Waals surface area contributed by atoms with Crippen LogP contribution in [0.5, 0.6) is 0 Å². The molecule has 2 heterocycles. The fourth-order valence-corrected chi connectivity index (χ4v) is 3.56. The summed E-state index contributed by atoms with van der Waals surface area (Å²) in [7, 11) is 0. The average molecular weight is 359 g/mol. The van der Waals surface area contributed by atoms with Gasteiger partial charge in [-0.1, -0.05) is 6.07 Å². The number of benzene rings is 2. The third-order valence-corrected chi connectivity index (χ3v) is 4.94. The minimum absolute atomic E-state index is 0.154. The number of amides is 2. The number of nitrogens with zero attached hydrogens (tertiary/aromatic N) is 2. The summed E-state index contributed by atoms with van der Waals surface area (Å²) >= 11 is 0. The molecule has 1 N–H and O–H groups in total. The summed E-state index contributed by atoms with van der Waals surface area (Å²) in [5, 5.41) is 3.91. The number of aromatic nitrogens is 1. The van der Waals surface area contributed by atoms with Crippen LogP contribution in [0, 0.1) is 6.92 Å². The first-order valence-corrected chi connectivity index (χ1v) is 9.17. The Hall–Kier alpha value is -3.21. The lowest BCUT2D eigenvalue weighted by Crippen LogP contribution is -2.34. The molecule has 0 aliphatic carbocycles. The summed E-state index contributed by atoms with van der Waals surface area (Å²) in [6.07, 6.45) is 1.21. The van der Waals surface area contributed by atoms with Gasteiger partial charge in [0.1, 0.15) is 0 Å². The molecule has 0 bridgehead atoms. The van der Waals surface area contributed by atoms with Crippen LogP contribution in [0.15, 0.2) is 48.5 Å². The zero-order chi connectivity index (χ0) is 19.0. The minimum Gasteiger partial charge on any atom is -0.322 e. The monoisotopic (exact) mass is 359 g/mol. The first-order chi connectivity index (χ1) is 13.0. The first kappa shape index (κ1) is 17.2. The van der Waals surface area contributed by atoms with Gasteiger partial charge in [0.05, 0.1) is 5.52 Å². The molecule has 0 atom stereocenters. The first-order valence-electron chi connectivity index (χ1n) is 9.17.